The van der Waals surface area contributed by atoms with Gasteiger partial charge in [0, 0.05) is 23.2 Å². The Morgan fingerprint density at radius 1 is 1.26 bits per heavy atom. The maximum Gasteiger partial charge on any atom is 0.234 e. The van der Waals surface area contributed by atoms with Gasteiger partial charge in [-0.15, -0.1) is 36.2 Å². The van der Waals surface area contributed by atoms with Gasteiger partial charge < -0.3 is 15.4 Å². The highest BCUT2D eigenvalue weighted by Gasteiger charge is 2.21. The molecule has 0 saturated carbocycles. The Balaban J connectivity index is 0.00000182. The Morgan fingerprint density at radius 2 is 2.04 bits per heavy atom. The number of amides is 1. The highest BCUT2D eigenvalue weighted by Crippen LogP contribution is 2.19. The van der Waals surface area contributed by atoms with Crippen LogP contribution in [0, 0.1) is 0 Å². The summed E-state index contributed by atoms with van der Waals surface area (Å²) in [6.07, 6.45) is 2.23. The van der Waals surface area contributed by atoms with Crippen molar-refractivity contribution in [3.05, 3.63) is 46.7 Å². The van der Waals surface area contributed by atoms with Crippen LogP contribution in [-0.2, 0) is 11.3 Å². The number of nitrogens with one attached hydrogen (secondary N) is 2. The summed E-state index contributed by atoms with van der Waals surface area (Å²) >= 11 is 1.67. The Hall–Kier alpha value is -1.47. The molecule has 1 aromatic carbocycles. The third-order valence-electron chi connectivity index (χ3n) is 4.37. The maximum absolute atomic E-state index is 12.2. The minimum absolute atomic E-state index is 0. The van der Waals surface area contributed by atoms with Crippen molar-refractivity contribution >= 4 is 47.7 Å². The highest BCUT2D eigenvalue weighted by molar-refractivity contribution is 7.09. The van der Waals surface area contributed by atoms with Gasteiger partial charge in [-0.3, -0.25) is 9.69 Å². The van der Waals surface area contributed by atoms with Gasteiger partial charge in [-0.2, -0.15) is 0 Å². The molecule has 0 aliphatic carbocycles. The third-order valence-corrected chi connectivity index (χ3v) is 5.25. The fraction of sp³-hybridized carbons (Fsp3) is 0.421. The van der Waals surface area contributed by atoms with E-state index in [4.69, 9.17) is 4.74 Å². The summed E-state index contributed by atoms with van der Waals surface area (Å²) in [5, 5.41) is 8.60. The summed E-state index contributed by atoms with van der Waals surface area (Å²) in [6.45, 7) is 2.95. The molecule has 1 atom stereocenters. The molecule has 1 unspecified atom stereocenters. The minimum Gasteiger partial charge on any atom is -0.497 e. The lowest BCUT2D eigenvalue weighted by atomic mass is 10.1. The van der Waals surface area contributed by atoms with Gasteiger partial charge in [0.05, 0.1) is 20.2 Å². The maximum atomic E-state index is 12.2. The number of rotatable bonds is 7. The smallest absolute Gasteiger partial charge is 0.234 e. The van der Waals surface area contributed by atoms with E-state index in [0.29, 0.717) is 19.1 Å². The van der Waals surface area contributed by atoms with Gasteiger partial charge in [-0.25, -0.2) is 0 Å². The van der Waals surface area contributed by atoms with Crippen LogP contribution in [0.15, 0.2) is 41.8 Å². The second-order valence-electron chi connectivity index (χ2n) is 6.30. The largest absolute Gasteiger partial charge is 0.497 e. The zero-order valence-electron chi connectivity index (χ0n) is 15.3. The number of thiophene rings is 1. The van der Waals surface area contributed by atoms with Gasteiger partial charge in [-0.1, -0.05) is 6.07 Å². The molecule has 27 heavy (non-hydrogen) atoms. The van der Waals surface area contributed by atoms with Crippen LogP contribution in [0.3, 0.4) is 0 Å². The monoisotopic (exact) mass is 431 g/mol. The molecule has 150 valence electrons. The topological polar surface area (TPSA) is 53.6 Å². The predicted octanol–water partition coefficient (Wildman–Crippen LogP) is 3.79. The predicted molar refractivity (Wildman–Crippen MR) is 117 cm³/mol. The van der Waals surface area contributed by atoms with Crippen molar-refractivity contribution < 1.29 is 9.53 Å². The summed E-state index contributed by atoms with van der Waals surface area (Å²) < 4.78 is 5.19. The van der Waals surface area contributed by atoms with E-state index in [1.807, 2.05) is 41.8 Å². The second kappa shape index (κ2) is 12.1. The molecule has 1 fully saturated rings. The Bertz CT molecular complexity index is 668. The van der Waals surface area contributed by atoms with Crippen LogP contribution in [-0.4, -0.2) is 43.6 Å². The number of carbonyl (C=O) groups is 1. The summed E-state index contributed by atoms with van der Waals surface area (Å²) in [5.41, 5.74) is 1.09. The van der Waals surface area contributed by atoms with E-state index in [2.05, 4.69) is 15.5 Å². The van der Waals surface area contributed by atoms with E-state index in [-0.39, 0.29) is 30.7 Å². The van der Waals surface area contributed by atoms with Crippen molar-refractivity contribution in [1.29, 1.82) is 0 Å². The van der Waals surface area contributed by atoms with Crippen molar-refractivity contribution in [2.24, 2.45) is 0 Å². The lowest BCUT2D eigenvalue weighted by Gasteiger charge is -2.33. The van der Waals surface area contributed by atoms with Gasteiger partial charge in [0.2, 0.25) is 5.91 Å². The number of methoxy groups -OCH3 is 1. The first-order valence-corrected chi connectivity index (χ1v) is 9.53. The zero-order valence-corrected chi connectivity index (χ0v) is 17.8. The molecule has 3 rings (SSSR count). The molecule has 1 amide bonds. The Morgan fingerprint density at radius 3 is 2.70 bits per heavy atom. The van der Waals surface area contributed by atoms with Gasteiger partial charge in [0.1, 0.15) is 5.75 Å². The number of ether oxygens (including phenoxy) is 1. The molecule has 1 aromatic heterocycles. The van der Waals surface area contributed by atoms with Crippen LogP contribution in [0.25, 0.3) is 0 Å². The number of carbonyl (C=O) groups excluding carboxylic acids is 1. The number of halogens is 2. The first kappa shape index (κ1) is 23.6. The van der Waals surface area contributed by atoms with Crippen LogP contribution in [0.4, 0.5) is 5.69 Å². The molecular weight excluding hydrogens is 405 g/mol. The van der Waals surface area contributed by atoms with Crippen molar-refractivity contribution in [1.82, 2.24) is 10.2 Å². The Labute approximate surface area is 177 Å². The first-order chi connectivity index (χ1) is 12.2. The molecule has 5 nitrogen and oxygen atoms in total. The van der Waals surface area contributed by atoms with Crippen molar-refractivity contribution in [3.8, 4) is 5.75 Å². The fourth-order valence-electron chi connectivity index (χ4n) is 3.10. The molecule has 2 heterocycles. The van der Waals surface area contributed by atoms with Crippen LogP contribution >= 0.6 is 36.2 Å². The van der Waals surface area contributed by atoms with Gasteiger partial charge in [-0.05, 0) is 55.1 Å². The van der Waals surface area contributed by atoms with E-state index < -0.39 is 0 Å². The summed E-state index contributed by atoms with van der Waals surface area (Å²) in [5.74, 6) is 0.955. The number of benzene rings is 1. The molecule has 0 bridgehead atoms. The SMILES string of the molecule is COc1ccc(NC2CCCN(CC(=O)NCc3cccs3)C2)cc1.Cl.Cl. The third kappa shape index (κ3) is 7.58. The highest BCUT2D eigenvalue weighted by atomic mass is 35.5. The number of hydrogen-bond donors (Lipinski definition) is 2. The summed E-state index contributed by atoms with van der Waals surface area (Å²) in [4.78, 5) is 15.6. The van der Waals surface area contributed by atoms with Gasteiger partial charge >= 0.3 is 0 Å². The number of piperidine rings is 1. The molecule has 1 saturated heterocycles. The summed E-state index contributed by atoms with van der Waals surface area (Å²) in [6, 6.07) is 12.4. The number of likely N-dealkylation sites (tertiary alicyclic amines) is 1. The number of nitrogens with zero attached hydrogens (tertiary/aromatic N) is 1. The Kier molecular flexibility index (Phi) is 10.5. The average Bonchev–Trinajstić information content (AvgIpc) is 3.15. The van der Waals surface area contributed by atoms with E-state index >= 15 is 0 Å². The number of hydrogen-bond acceptors (Lipinski definition) is 5. The van der Waals surface area contributed by atoms with Crippen LogP contribution < -0.4 is 15.4 Å². The van der Waals surface area contributed by atoms with Gasteiger partial charge in [0.25, 0.3) is 0 Å². The second-order valence-corrected chi connectivity index (χ2v) is 7.34. The molecule has 2 aromatic rings. The van der Waals surface area contributed by atoms with E-state index in [1.54, 1.807) is 18.4 Å². The quantitative estimate of drug-likeness (QED) is 0.699. The van der Waals surface area contributed by atoms with Crippen molar-refractivity contribution in [2.75, 3.05) is 32.1 Å². The molecule has 1 aliphatic heterocycles. The molecule has 2 N–H and O–H groups in total. The van der Waals surface area contributed by atoms with E-state index in [1.165, 1.54) is 4.88 Å². The standard InChI is InChI=1S/C19H25N3O2S.2ClH/c1-24-17-8-6-15(7-9-17)21-16-4-2-10-22(13-16)14-19(23)20-12-18-5-3-11-25-18;;/h3,5-9,11,16,21H,2,4,10,12-14H2,1H3,(H,20,23);2*1H. The van der Waals surface area contributed by atoms with Crippen LogP contribution in [0.5, 0.6) is 5.75 Å². The molecular formula is C19H27Cl2N3O2S. The van der Waals surface area contributed by atoms with Crippen LogP contribution in [0.2, 0.25) is 0 Å². The summed E-state index contributed by atoms with van der Waals surface area (Å²) in [7, 11) is 1.67. The average molecular weight is 432 g/mol. The van der Waals surface area contributed by atoms with Crippen LogP contribution in [0.1, 0.15) is 17.7 Å². The van der Waals surface area contributed by atoms with E-state index in [0.717, 1.165) is 37.4 Å². The first-order valence-electron chi connectivity index (χ1n) is 8.65. The lowest BCUT2D eigenvalue weighted by molar-refractivity contribution is -0.122. The molecule has 8 heteroatoms. The minimum atomic E-state index is 0. The van der Waals surface area contributed by atoms with Gasteiger partial charge in [0.15, 0.2) is 0 Å². The number of anilines is 1. The molecule has 0 radical (unpaired) electrons. The lowest BCUT2D eigenvalue weighted by Crippen LogP contribution is -2.46. The molecule has 0 spiro atoms. The normalized spacial score (nSPS) is 16.6. The zero-order chi connectivity index (χ0) is 17.5. The fourth-order valence-corrected chi connectivity index (χ4v) is 3.74. The van der Waals surface area contributed by atoms with Crippen molar-refractivity contribution in [3.63, 3.8) is 0 Å². The van der Waals surface area contributed by atoms with E-state index in [9.17, 15) is 4.79 Å². The van der Waals surface area contributed by atoms with Crippen molar-refractivity contribution in [2.45, 2.75) is 25.4 Å². The molecule has 1 aliphatic rings.